The second-order valence-corrected chi connectivity index (χ2v) is 4.99. The Bertz CT molecular complexity index is 436. The molecule has 3 N–H and O–H groups in total. The van der Waals surface area contributed by atoms with Crippen molar-refractivity contribution < 1.29 is 18.3 Å². The monoisotopic (exact) mass is 259 g/mol. The highest BCUT2D eigenvalue weighted by atomic mass is 19.3. The van der Waals surface area contributed by atoms with Gasteiger partial charge in [0.1, 0.15) is 5.82 Å². The first-order chi connectivity index (χ1) is 8.37. The second-order valence-electron chi connectivity index (χ2n) is 4.99. The van der Waals surface area contributed by atoms with E-state index < -0.39 is 17.8 Å². The third-order valence-electron chi connectivity index (χ3n) is 3.47. The van der Waals surface area contributed by atoms with Crippen molar-refractivity contribution >= 4 is 5.69 Å². The predicted molar refractivity (Wildman–Crippen MR) is 62.7 cm³/mol. The number of hydrogen-bond acceptors (Lipinski definition) is 2. The molecule has 1 saturated carbocycles. The number of halogens is 3. The molecule has 0 heterocycles. The van der Waals surface area contributed by atoms with Crippen LogP contribution in [-0.2, 0) is 0 Å². The summed E-state index contributed by atoms with van der Waals surface area (Å²) in [6, 6.07) is 3.74. The summed E-state index contributed by atoms with van der Waals surface area (Å²) in [5.41, 5.74) is 6.21. The Kier molecular flexibility index (Phi) is 3.52. The Morgan fingerprint density at radius 1 is 1.44 bits per heavy atom. The predicted octanol–water partition coefficient (Wildman–Crippen LogP) is 3.27. The summed E-state index contributed by atoms with van der Waals surface area (Å²) in [5, 5.41) is 9.96. The zero-order valence-electron chi connectivity index (χ0n) is 9.87. The summed E-state index contributed by atoms with van der Waals surface area (Å²) in [7, 11) is 0. The molecule has 0 radical (unpaired) electrons. The molecule has 100 valence electrons. The fraction of sp³-hybridized carbons (Fsp3) is 0.538. The molecule has 1 aliphatic carbocycles. The number of nitrogen functional groups attached to an aromatic ring is 1. The lowest BCUT2D eigenvalue weighted by molar-refractivity contribution is 0.00255. The molecule has 2 unspecified atom stereocenters. The standard InChI is InChI=1S/C13H16F3NO/c14-9-1-2-11(17)10(6-9)12(18)5-8-3-4-13(15,16)7-8/h1-2,6,8,12,18H,3-5,7,17H2. The zero-order valence-corrected chi connectivity index (χ0v) is 9.87. The van der Waals surface area contributed by atoms with Crippen LogP contribution in [0, 0.1) is 11.7 Å². The molecule has 0 bridgehead atoms. The van der Waals surface area contributed by atoms with Crippen molar-refractivity contribution in [1.29, 1.82) is 0 Å². The summed E-state index contributed by atoms with van der Waals surface area (Å²) >= 11 is 0. The van der Waals surface area contributed by atoms with Crippen LogP contribution < -0.4 is 5.73 Å². The molecule has 0 spiro atoms. The van der Waals surface area contributed by atoms with Gasteiger partial charge in [-0.15, -0.1) is 0 Å². The van der Waals surface area contributed by atoms with Gasteiger partial charge in [0.25, 0.3) is 0 Å². The van der Waals surface area contributed by atoms with Crippen molar-refractivity contribution in [2.75, 3.05) is 5.73 Å². The first kappa shape index (κ1) is 13.2. The highest BCUT2D eigenvalue weighted by Gasteiger charge is 2.40. The smallest absolute Gasteiger partial charge is 0.248 e. The Morgan fingerprint density at radius 2 is 2.17 bits per heavy atom. The summed E-state index contributed by atoms with van der Waals surface area (Å²) in [4.78, 5) is 0. The third kappa shape index (κ3) is 2.96. The number of aliphatic hydroxyl groups is 1. The van der Waals surface area contributed by atoms with Crippen LogP contribution in [0.1, 0.15) is 37.4 Å². The molecule has 0 saturated heterocycles. The van der Waals surface area contributed by atoms with E-state index in [1.54, 1.807) is 0 Å². The van der Waals surface area contributed by atoms with E-state index in [1.165, 1.54) is 12.1 Å². The Morgan fingerprint density at radius 3 is 2.78 bits per heavy atom. The minimum absolute atomic E-state index is 0.136. The van der Waals surface area contributed by atoms with Gasteiger partial charge in [-0.2, -0.15) is 0 Å². The van der Waals surface area contributed by atoms with Crippen LogP contribution >= 0.6 is 0 Å². The fourth-order valence-electron chi connectivity index (χ4n) is 2.52. The first-order valence-corrected chi connectivity index (χ1v) is 5.98. The van der Waals surface area contributed by atoms with Gasteiger partial charge in [0.05, 0.1) is 6.10 Å². The van der Waals surface area contributed by atoms with Crippen molar-refractivity contribution in [2.24, 2.45) is 5.92 Å². The van der Waals surface area contributed by atoms with Gasteiger partial charge in [0.2, 0.25) is 5.92 Å². The molecule has 0 amide bonds. The quantitative estimate of drug-likeness (QED) is 0.818. The van der Waals surface area contributed by atoms with Crippen molar-refractivity contribution in [3.05, 3.63) is 29.6 Å². The summed E-state index contributed by atoms with van der Waals surface area (Å²) in [6.07, 6.45) is -0.746. The first-order valence-electron chi connectivity index (χ1n) is 5.98. The SMILES string of the molecule is Nc1ccc(F)cc1C(O)CC1CCC(F)(F)C1. The van der Waals surface area contributed by atoms with E-state index in [0.717, 1.165) is 6.07 Å². The van der Waals surface area contributed by atoms with Gasteiger partial charge >= 0.3 is 0 Å². The van der Waals surface area contributed by atoms with E-state index in [1.807, 2.05) is 0 Å². The van der Waals surface area contributed by atoms with Crippen molar-refractivity contribution in [2.45, 2.75) is 37.7 Å². The minimum Gasteiger partial charge on any atom is -0.398 e. The highest BCUT2D eigenvalue weighted by Crippen LogP contribution is 2.42. The van der Waals surface area contributed by atoms with Crippen molar-refractivity contribution in [3.8, 4) is 0 Å². The third-order valence-corrected chi connectivity index (χ3v) is 3.47. The molecule has 18 heavy (non-hydrogen) atoms. The number of anilines is 1. The second kappa shape index (κ2) is 4.80. The number of alkyl halides is 2. The molecule has 1 aromatic rings. The molecule has 0 aromatic heterocycles. The van der Waals surface area contributed by atoms with Crippen LogP contribution in [0.5, 0.6) is 0 Å². The highest BCUT2D eigenvalue weighted by molar-refractivity contribution is 5.47. The summed E-state index contributed by atoms with van der Waals surface area (Å²) < 4.78 is 39.1. The fourth-order valence-corrected chi connectivity index (χ4v) is 2.52. The molecule has 1 aromatic carbocycles. The maximum Gasteiger partial charge on any atom is 0.248 e. The van der Waals surface area contributed by atoms with Crippen molar-refractivity contribution in [1.82, 2.24) is 0 Å². The average Bonchev–Trinajstić information content (AvgIpc) is 2.61. The summed E-state index contributed by atoms with van der Waals surface area (Å²) in [5.74, 6) is -3.36. The lowest BCUT2D eigenvalue weighted by Gasteiger charge is -2.17. The Hall–Kier alpha value is -1.23. The lowest BCUT2D eigenvalue weighted by atomic mass is 9.94. The van der Waals surface area contributed by atoms with E-state index in [4.69, 9.17) is 5.73 Å². The van der Waals surface area contributed by atoms with E-state index >= 15 is 0 Å². The van der Waals surface area contributed by atoms with Crippen LogP contribution in [0.2, 0.25) is 0 Å². The van der Waals surface area contributed by atoms with E-state index in [9.17, 15) is 18.3 Å². The molecule has 1 aliphatic rings. The Labute approximate surface area is 104 Å². The average molecular weight is 259 g/mol. The Balaban J connectivity index is 2.04. The van der Waals surface area contributed by atoms with Crippen LogP contribution in [-0.4, -0.2) is 11.0 Å². The molecular formula is C13H16F3NO. The van der Waals surface area contributed by atoms with Crippen LogP contribution in [0.25, 0.3) is 0 Å². The molecule has 1 fully saturated rings. The maximum absolute atomic E-state index is 13.1. The van der Waals surface area contributed by atoms with E-state index in [2.05, 4.69) is 0 Å². The largest absolute Gasteiger partial charge is 0.398 e. The minimum atomic E-state index is -2.63. The molecule has 0 aliphatic heterocycles. The molecule has 2 nitrogen and oxygen atoms in total. The molecular weight excluding hydrogens is 243 g/mol. The van der Waals surface area contributed by atoms with Gasteiger partial charge in [0, 0.05) is 24.1 Å². The van der Waals surface area contributed by atoms with E-state index in [0.29, 0.717) is 6.42 Å². The van der Waals surface area contributed by atoms with Gasteiger partial charge in [-0.25, -0.2) is 13.2 Å². The topological polar surface area (TPSA) is 46.2 Å². The molecule has 2 atom stereocenters. The lowest BCUT2D eigenvalue weighted by Crippen LogP contribution is -2.12. The van der Waals surface area contributed by atoms with Crippen LogP contribution in [0.4, 0.5) is 18.9 Å². The normalized spacial score (nSPS) is 24.1. The number of benzene rings is 1. The van der Waals surface area contributed by atoms with E-state index in [-0.39, 0.29) is 36.4 Å². The summed E-state index contributed by atoms with van der Waals surface area (Å²) in [6.45, 7) is 0. The van der Waals surface area contributed by atoms with Gasteiger partial charge in [-0.3, -0.25) is 0 Å². The van der Waals surface area contributed by atoms with Gasteiger partial charge in [-0.1, -0.05) is 0 Å². The number of rotatable bonds is 3. The molecule has 5 heteroatoms. The van der Waals surface area contributed by atoms with Gasteiger partial charge in [0.15, 0.2) is 0 Å². The zero-order chi connectivity index (χ0) is 13.3. The number of aliphatic hydroxyl groups excluding tert-OH is 1. The van der Waals surface area contributed by atoms with Crippen LogP contribution in [0.3, 0.4) is 0 Å². The number of hydrogen-bond donors (Lipinski definition) is 2. The van der Waals surface area contributed by atoms with Gasteiger partial charge < -0.3 is 10.8 Å². The van der Waals surface area contributed by atoms with Gasteiger partial charge in [-0.05, 0) is 37.0 Å². The van der Waals surface area contributed by atoms with Crippen LogP contribution in [0.15, 0.2) is 18.2 Å². The maximum atomic E-state index is 13.1. The number of nitrogens with two attached hydrogens (primary N) is 1. The molecule has 2 rings (SSSR count). The van der Waals surface area contributed by atoms with Crippen molar-refractivity contribution in [3.63, 3.8) is 0 Å².